The summed E-state index contributed by atoms with van der Waals surface area (Å²) in [5.41, 5.74) is 3.48. The van der Waals surface area contributed by atoms with Gasteiger partial charge in [0.1, 0.15) is 0 Å². The summed E-state index contributed by atoms with van der Waals surface area (Å²) >= 11 is 5.93. The molecule has 0 aliphatic heterocycles. The first-order chi connectivity index (χ1) is 10.6. The first-order valence-corrected chi connectivity index (χ1v) is 7.85. The average Bonchev–Trinajstić information content (AvgIpc) is 2.91. The lowest BCUT2D eigenvalue weighted by Gasteiger charge is -2.24. The van der Waals surface area contributed by atoms with Gasteiger partial charge < -0.3 is 5.32 Å². The Hall–Kier alpha value is -1.84. The maximum atomic E-state index is 12.2. The molecular weight excluding hydrogens is 296 g/mol. The van der Waals surface area contributed by atoms with E-state index in [1.165, 1.54) is 11.1 Å². The minimum Gasteiger partial charge on any atom is -0.325 e. The van der Waals surface area contributed by atoms with Gasteiger partial charge in [-0.25, -0.2) is 0 Å². The van der Waals surface area contributed by atoms with Crippen molar-refractivity contribution >= 4 is 23.2 Å². The molecule has 1 amide bonds. The monoisotopic (exact) mass is 314 g/mol. The van der Waals surface area contributed by atoms with E-state index in [1.54, 1.807) is 12.1 Å². The van der Waals surface area contributed by atoms with Crippen LogP contribution in [0, 0.1) is 0 Å². The zero-order chi connectivity index (χ0) is 15.5. The predicted molar refractivity (Wildman–Crippen MR) is 90.2 cm³/mol. The van der Waals surface area contributed by atoms with E-state index in [-0.39, 0.29) is 5.91 Å². The zero-order valence-corrected chi connectivity index (χ0v) is 13.3. The average molecular weight is 315 g/mol. The molecule has 1 aliphatic carbocycles. The van der Waals surface area contributed by atoms with Gasteiger partial charge in [0.25, 0.3) is 0 Å². The van der Waals surface area contributed by atoms with Crippen molar-refractivity contribution < 1.29 is 4.79 Å². The van der Waals surface area contributed by atoms with Gasteiger partial charge in [-0.05, 0) is 49.2 Å². The second-order valence-electron chi connectivity index (χ2n) is 5.73. The summed E-state index contributed by atoms with van der Waals surface area (Å²) < 4.78 is 0. The Balaban J connectivity index is 1.62. The van der Waals surface area contributed by atoms with Gasteiger partial charge in [0.05, 0.1) is 6.54 Å². The summed E-state index contributed by atoms with van der Waals surface area (Å²) in [5.74, 6) is -0.0193. The van der Waals surface area contributed by atoms with Gasteiger partial charge in [0.2, 0.25) is 5.91 Å². The Morgan fingerprint density at radius 1 is 1.27 bits per heavy atom. The molecule has 1 unspecified atom stereocenters. The molecule has 0 heterocycles. The molecule has 0 radical (unpaired) electrons. The first kappa shape index (κ1) is 15.1. The van der Waals surface area contributed by atoms with Crippen molar-refractivity contribution in [3.63, 3.8) is 0 Å². The molecule has 0 saturated carbocycles. The molecule has 0 fully saturated rings. The Bertz CT molecular complexity index is 686. The van der Waals surface area contributed by atoms with E-state index in [1.807, 2.05) is 19.2 Å². The molecule has 0 saturated heterocycles. The Morgan fingerprint density at radius 2 is 2.09 bits per heavy atom. The number of anilines is 1. The predicted octanol–water partition coefficient (Wildman–Crippen LogP) is 3.90. The highest BCUT2D eigenvalue weighted by atomic mass is 35.5. The molecule has 0 aromatic heterocycles. The molecule has 114 valence electrons. The normalized spacial score (nSPS) is 16.6. The maximum Gasteiger partial charge on any atom is 0.238 e. The lowest BCUT2D eigenvalue weighted by atomic mass is 10.1. The van der Waals surface area contributed by atoms with Crippen LogP contribution in [0.15, 0.2) is 48.5 Å². The summed E-state index contributed by atoms with van der Waals surface area (Å²) in [5, 5.41) is 3.52. The number of aryl methyl sites for hydroxylation is 1. The first-order valence-electron chi connectivity index (χ1n) is 7.47. The van der Waals surface area contributed by atoms with Crippen molar-refractivity contribution in [2.75, 3.05) is 18.9 Å². The highest BCUT2D eigenvalue weighted by molar-refractivity contribution is 6.30. The Kier molecular flexibility index (Phi) is 4.46. The minimum absolute atomic E-state index is 0.0193. The fourth-order valence-electron chi connectivity index (χ4n) is 3.10. The van der Waals surface area contributed by atoms with Crippen molar-refractivity contribution in [1.29, 1.82) is 0 Å². The van der Waals surface area contributed by atoms with Crippen LogP contribution in [0.3, 0.4) is 0 Å². The van der Waals surface area contributed by atoms with Gasteiger partial charge in [-0.15, -0.1) is 0 Å². The molecule has 0 bridgehead atoms. The van der Waals surface area contributed by atoms with Crippen molar-refractivity contribution in [2.45, 2.75) is 18.9 Å². The highest BCUT2D eigenvalue weighted by Gasteiger charge is 2.26. The number of fused-ring (bicyclic) bond motifs is 1. The third-order valence-electron chi connectivity index (χ3n) is 4.13. The van der Waals surface area contributed by atoms with Crippen LogP contribution in [0.1, 0.15) is 23.6 Å². The second-order valence-corrected chi connectivity index (χ2v) is 6.16. The van der Waals surface area contributed by atoms with Crippen molar-refractivity contribution in [1.82, 2.24) is 4.90 Å². The number of carbonyl (C=O) groups is 1. The molecule has 0 spiro atoms. The van der Waals surface area contributed by atoms with Gasteiger partial charge in [-0.3, -0.25) is 9.69 Å². The number of hydrogen-bond acceptors (Lipinski definition) is 2. The van der Waals surface area contributed by atoms with Crippen molar-refractivity contribution in [3.05, 3.63) is 64.7 Å². The smallest absolute Gasteiger partial charge is 0.238 e. The lowest BCUT2D eigenvalue weighted by Crippen LogP contribution is -2.32. The number of halogens is 1. The van der Waals surface area contributed by atoms with Gasteiger partial charge in [-0.2, -0.15) is 0 Å². The van der Waals surface area contributed by atoms with Crippen LogP contribution in [0.2, 0.25) is 5.02 Å². The van der Waals surface area contributed by atoms with E-state index in [0.717, 1.165) is 18.5 Å². The van der Waals surface area contributed by atoms with E-state index in [9.17, 15) is 4.79 Å². The highest BCUT2D eigenvalue weighted by Crippen LogP contribution is 2.34. The molecule has 1 atom stereocenters. The number of hydrogen-bond donors (Lipinski definition) is 1. The summed E-state index contributed by atoms with van der Waals surface area (Å²) in [6.45, 7) is 0.367. The number of rotatable bonds is 4. The zero-order valence-electron chi connectivity index (χ0n) is 12.6. The molecule has 3 rings (SSSR count). The number of carbonyl (C=O) groups excluding carboxylic acids is 1. The van der Waals surface area contributed by atoms with Crippen LogP contribution >= 0.6 is 11.6 Å². The molecule has 2 aromatic carbocycles. The lowest BCUT2D eigenvalue weighted by molar-refractivity contribution is -0.117. The molecular formula is C18H19ClN2O. The summed E-state index contributed by atoms with van der Waals surface area (Å²) in [6.07, 6.45) is 2.15. The largest absolute Gasteiger partial charge is 0.325 e. The number of nitrogens with one attached hydrogen (secondary N) is 1. The second kappa shape index (κ2) is 6.51. The van der Waals surface area contributed by atoms with Crippen molar-refractivity contribution in [2.24, 2.45) is 0 Å². The van der Waals surface area contributed by atoms with Gasteiger partial charge in [-0.1, -0.05) is 41.9 Å². The van der Waals surface area contributed by atoms with Crippen LogP contribution in [-0.2, 0) is 11.2 Å². The van der Waals surface area contributed by atoms with E-state index >= 15 is 0 Å². The summed E-state index contributed by atoms with van der Waals surface area (Å²) in [4.78, 5) is 14.3. The molecule has 1 N–H and O–H groups in total. The number of likely N-dealkylation sites (N-methyl/N-ethyl adjacent to an activating group) is 1. The van der Waals surface area contributed by atoms with Crippen molar-refractivity contribution in [3.8, 4) is 0 Å². The Labute approximate surface area is 135 Å². The van der Waals surface area contributed by atoms with Crippen LogP contribution in [0.5, 0.6) is 0 Å². The third-order valence-corrected chi connectivity index (χ3v) is 4.37. The summed E-state index contributed by atoms with van der Waals surface area (Å²) in [7, 11) is 2.00. The molecule has 22 heavy (non-hydrogen) atoms. The Morgan fingerprint density at radius 3 is 2.91 bits per heavy atom. The van der Waals surface area contributed by atoms with Gasteiger partial charge >= 0.3 is 0 Å². The maximum absolute atomic E-state index is 12.2. The van der Waals surface area contributed by atoms with Crippen LogP contribution in [0.4, 0.5) is 5.69 Å². The fraction of sp³-hybridized carbons (Fsp3) is 0.278. The van der Waals surface area contributed by atoms with Crippen LogP contribution in [-0.4, -0.2) is 24.4 Å². The quantitative estimate of drug-likeness (QED) is 0.928. The fourth-order valence-corrected chi connectivity index (χ4v) is 3.29. The van der Waals surface area contributed by atoms with Crippen LogP contribution < -0.4 is 5.32 Å². The molecule has 2 aromatic rings. The standard InChI is InChI=1S/C18H19ClN2O/c1-21(17-10-9-13-5-2-3-8-16(13)17)12-18(22)20-15-7-4-6-14(19)11-15/h2-8,11,17H,9-10,12H2,1H3,(H,20,22). The van der Waals surface area contributed by atoms with E-state index in [2.05, 4.69) is 34.5 Å². The van der Waals surface area contributed by atoms with E-state index in [4.69, 9.17) is 11.6 Å². The SMILES string of the molecule is CN(CC(=O)Nc1cccc(Cl)c1)C1CCc2ccccc21. The third kappa shape index (κ3) is 3.32. The molecule has 1 aliphatic rings. The topological polar surface area (TPSA) is 32.3 Å². The minimum atomic E-state index is -0.0193. The molecule has 3 nitrogen and oxygen atoms in total. The van der Waals surface area contributed by atoms with Gasteiger partial charge in [0, 0.05) is 16.8 Å². The number of amides is 1. The summed E-state index contributed by atoms with van der Waals surface area (Å²) in [6, 6.07) is 16.0. The molecule has 4 heteroatoms. The van der Waals surface area contributed by atoms with E-state index in [0.29, 0.717) is 17.6 Å². The van der Waals surface area contributed by atoms with Crippen LogP contribution in [0.25, 0.3) is 0 Å². The number of nitrogens with zero attached hydrogens (tertiary/aromatic N) is 1. The number of benzene rings is 2. The van der Waals surface area contributed by atoms with E-state index < -0.39 is 0 Å². The van der Waals surface area contributed by atoms with Gasteiger partial charge in [0.15, 0.2) is 0 Å².